The highest BCUT2D eigenvalue weighted by atomic mass is 32.1. The molecule has 2 aliphatic heterocycles. The number of para-hydroxylation sites is 1. The molecule has 0 bridgehead atoms. The molecule has 3 fully saturated rings. The first-order chi connectivity index (χ1) is 35.0. The van der Waals surface area contributed by atoms with Crippen molar-refractivity contribution in [3.63, 3.8) is 0 Å². The number of hydrogen-bond donors (Lipinski definition) is 5. The number of imidazole rings is 1. The summed E-state index contributed by atoms with van der Waals surface area (Å²) in [6, 6.07) is 25.7. The van der Waals surface area contributed by atoms with Crippen molar-refractivity contribution in [1.29, 1.82) is 0 Å². The van der Waals surface area contributed by atoms with Crippen LogP contribution in [-0.2, 0) is 25.6 Å². The standard InChI is InChI=1S/C54H70N12O5S/c1-37-47(72-36-58-37)39-16-14-38(15-17-39)33-56-50(68)46-32-44(67)35-65(46)51(69)48(54(2,3)4)55-22-28-70-30-31-71-29-27-63-23-25-64(26-24-63)42-20-18-41(19-21-42)59-52-57-34-45-49(62-52)66(43-12-8-9-13-43)53(61-45)60-40-10-6-5-7-11-40/h5-7,10-11,14-21,34,36,43-44,46,48,55,67H,8-9,12-13,22-33,35H2,1-4H3,(H,56,68)(H,60,61)(H,57,59,62). The number of carbonyl (C=O) groups excluding carboxylic acids is 2. The van der Waals surface area contributed by atoms with Gasteiger partial charge in [-0.1, -0.05) is 76.1 Å². The summed E-state index contributed by atoms with van der Waals surface area (Å²) >= 11 is 1.60. The summed E-state index contributed by atoms with van der Waals surface area (Å²) in [5.41, 5.74) is 9.15. The van der Waals surface area contributed by atoms with Crippen LogP contribution < -0.4 is 26.2 Å². The third-order valence-corrected chi connectivity index (χ3v) is 14.9. The minimum Gasteiger partial charge on any atom is -0.391 e. The lowest BCUT2D eigenvalue weighted by Crippen LogP contribution is -2.57. The number of nitrogens with zero attached hydrogens (tertiary/aromatic N) is 8. The van der Waals surface area contributed by atoms with E-state index in [1.807, 2.05) is 94.0 Å². The number of carbonyl (C=O) groups is 2. The summed E-state index contributed by atoms with van der Waals surface area (Å²) in [6.07, 6.45) is 5.88. The van der Waals surface area contributed by atoms with Gasteiger partial charge >= 0.3 is 0 Å². The summed E-state index contributed by atoms with van der Waals surface area (Å²) in [5.74, 6) is 0.883. The molecule has 0 spiro atoms. The molecule has 3 aliphatic rings. The topological polar surface area (TPSA) is 187 Å². The van der Waals surface area contributed by atoms with Crippen LogP contribution in [0.4, 0.5) is 29.0 Å². The number of benzene rings is 3. The van der Waals surface area contributed by atoms with Gasteiger partial charge in [0.15, 0.2) is 5.65 Å². The second-order valence-corrected chi connectivity index (χ2v) is 21.0. The molecule has 2 amide bonds. The summed E-state index contributed by atoms with van der Waals surface area (Å²) in [6.45, 7) is 15.5. The molecule has 1 aliphatic carbocycles. The number of piperazine rings is 1. The van der Waals surface area contributed by atoms with Crippen LogP contribution >= 0.6 is 11.3 Å². The van der Waals surface area contributed by atoms with Crippen LogP contribution in [0.15, 0.2) is 90.6 Å². The highest BCUT2D eigenvalue weighted by molar-refractivity contribution is 7.13. The maximum absolute atomic E-state index is 14.0. The van der Waals surface area contributed by atoms with Crippen LogP contribution in [0.1, 0.15) is 70.2 Å². The third-order valence-electron chi connectivity index (χ3n) is 13.9. The fourth-order valence-electron chi connectivity index (χ4n) is 10.00. The number of hydrogen-bond acceptors (Lipinski definition) is 15. The van der Waals surface area contributed by atoms with Crippen LogP contribution in [0.5, 0.6) is 0 Å². The molecule has 0 radical (unpaired) electrons. The average Bonchev–Trinajstić information content (AvgIpc) is 4.22. The van der Waals surface area contributed by atoms with Gasteiger partial charge in [0.25, 0.3) is 0 Å². The number of anilines is 5. The second-order valence-electron chi connectivity index (χ2n) is 20.2. The zero-order valence-corrected chi connectivity index (χ0v) is 42.9. The Morgan fingerprint density at radius 2 is 1.57 bits per heavy atom. The Balaban J connectivity index is 0.658. The Kier molecular flexibility index (Phi) is 16.7. The molecule has 1 saturated carbocycles. The van der Waals surface area contributed by atoms with Gasteiger partial charge in [0, 0.05) is 81.9 Å². The van der Waals surface area contributed by atoms with E-state index in [2.05, 4.69) is 69.9 Å². The SMILES string of the molecule is Cc1ncsc1-c1ccc(CNC(=O)C2CC(O)CN2C(=O)C(NCCOCCOCCN2CCN(c3ccc(Nc4ncc5nc(Nc6ccccc6)n(C6CCCC6)c5n4)cc3)CC2)C(C)(C)C)cc1. The fraction of sp³-hybridized carbons (Fsp3) is 0.481. The fourth-order valence-corrected chi connectivity index (χ4v) is 10.8. The lowest BCUT2D eigenvalue weighted by molar-refractivity contribution is -0.142. The van der Waals surface area contributed by atoms with Gasteiger partial charge in [-0.05, 0) is 72.7 Å². The van der Waals surface area contributed by atoms with Crippen molar-refractivity contribution < 1.29 is 24.2 Å². The molecule has 3 atom stereocenters. The van der Waals surface area contributed by atoms with E-state index in [1.54, 1.807) is 11.3 Å². The first-order valence-corrected chi connectivity index (χ1v) is 26.4. The van der Waals surface area contributed by atoms with E-state index >= 15 is 0 Å². The van der Waals surface area contributed by atoms with Gasteiger partial charge in [0.1, 0.15) is 11.6 Å². The second kappa shape index (κ2) is 23.7. The van der Waals surface area contributed by atoms with E-state index in [9.17, 15) is 14.7 Å². The molecule has 382 valence electrons. The van der Waals surface area contributed by atoms with E-state index in [0.29, 0.717) is 51.5 Å². The maximum Gasteiger partial charge on any atom is 0.243 e. The van der Waals surface area contributed by atoms with Gasteiger partial charge in [0.05, 0.1) is 60.9 Å². The monoisotopic (exact) mass is 999 g/mol. The zero-order valence-electron chi connectivity index (χ0n) is 42.1. The molecule has 3 unspecified atom stereocenters. The highest BCUT2D eigenvalue weighted by Gasteiger charge is 2.43. The Hall–Kier alpha value is -6.02. The zero-order chi connectivity index (χ0) is 50.0. The smallest absolute Gasteiger partial charge is 0.243 e. The van der Waals surface area contributed by atoms with E-state index in [4.69, 9.17) is 19.4 Å². The van der Waals surface area contributed by atoms with Crippen molar-refractivity contribution in [2.24, 2.45) is 5.41 Å². The third kappa shape index (κ3) is 12.8. The number of fused-ring (bicyclic) bond motifs is 1. The number of β-amino-alcohol motifs (C(OH)–C–C–N with tert-alkyl or cyclic N) is 1. The number of aliphatic hydroxyl groups is 1. The summed E-state index contributed by atoms with van der Waals surface area (Å²) < 4.78 is 14.1. The van der Waals surface area contributed by atoms with Gasteiger partial charge in [-0.25, -0.2) is 15.0 Å². The molecule has 3 aromatic carbocycles. The van der Waals surface area contributed by atoms with E-state index < -0.39 is 23.6 Å². The molecule has 18 heteroatoms. The molecule has 17 nitrogen and oxygen atoms in total. The van der Waals surface area contributed by atoms with Crippen LogP contribution in [0.3, 0.4) is 0 Å². The number of ether oxygens (including phenoxy) is 2. The normalized spacial score (nSPS) is 18.2. The number of thiazole rings is 1. The molecule has 6 aromatic rings. The van der Waals surface area contributed by atoms with Gasteiger partial charge in [-0.3, -0.25) is 19.1 Å². The lowest BCUT2D eigenvalue weighted by Gasteiger charge is -2.36. The predicted molar refractivity (Wildman–Crippen MR) is 284 cm³/mol. The van der Waals surface area contributed by atoms with Crippen LogP contribution in [0, 0.1) is 12.3 Å². The van der Waals surface area contributed by atoms with Crippen LogP contribution in [-0.4, -0.2) is 142 Å². The molecular formula is C54H70N12O5S. The quantitative estimate of drug-likeness (QED) is 0.0453. The number of nitrogens with one attached hydrogen (secondary N) is 4. The van der Waals surface area contributed by atoms with Gasteiger partial charge in [-0.15, -0.1) is 11.3 Å². The van der Waals surface area contributed by atoms with Crippen molar-refractivity contribution >= 4 is 63.3 Å². The number of likely N-dealkylation sites (tertiary alicyclic amines) is 1. The number of amides is 2. The first kappa shape index (κ1) is 50.9. The number of aryl methyl sites for hydroxylation is 1. The largest absolute Gasteiger partial charge is 0.391 e. The number of rotatable bonds is 21. The first-order valence-electron chi connectivity index (χ1n) is 25.5. The van der Waals surface area contributed by atoms with Gasteiger partial charge in [0.2, 0.25) is 23.7 Å². The van der Waals surface area contributed by atoms with Crippen molar-refractivity contribution in [2.75, 3.05) is 87.8 Å². The van der Waals surface area contributed by atoms with Crippen LogP contribution in [0.2, 0.25) is 0 Å². The summed E-state index contributed by atoms with van der Waals surface area (Å²) in [7, 11) is 0. The Morgan fingerprint density at radius 1 is 0.847 bits per heavy atom. The van der Waals surface area contributed by atoms with Gasteiger partial charge < -0.3 is 45.6 Å². The Labute approximate surface area is 426 Å². The molecule has 3 aromatic heterocycles. The number of aromatic nitrogens is 5. The molecular weight excluding hydrogens is 929 g/mol. The highest BCUT2D eigenvalue weighted by Crippen LogP contribution is 2.36. The van der Waals surface area contributed by atoms with Crippen LogP contribution in [0.25, 0.3) is 21.6 Å². The predicted octanol–water partition coefficient (Wildman–Crippen LogP) is 7.30. The summed E-state index contributed by atoms with van der Waals surface area (Å²) in [4.78, 5) is 53.9. The molecule has 5 heterocycles. The maximum atomic E-state index is 14.0. The minimum atomic E-state index is -0.769. The number of aliphatic hydroxyl groups excluding tert-OH is 1. The Morgan fingerprint density at radius 3 is 2.28 bits per heavy atom. The Bertz CT molecular complexity index is 2700. The molecule has 72 heavy (non-hydrogen) atoms. The van der Waals surface area contributed by atoms with Crippen molar-refractivity contribution in [3.8, 4) is 10.4 Å². The summed E-state index contributed by atoms with van der Waals surface area (Å²) in [5, 5.41) is 23.9. The lowest BCUT2D eigenvalue weighted by atomic mass is 9.85. The average molecular weight is 999 g/mol. The van der Waals surface area contributed by atoms with Crippen molar-refractivity contribution in [1.82, 2.24) is 44.9 Å². The van der Waals surface area contributed by atoms with Gasteiger partial charge in [-0.2, -0.15) is 4.98 Å². The van der Waals surface area contributed by atoms with E-state index in [-0.39, 0.29) is 24.8 Å². The van der Waals surface area contributed by atoms with E-state index in [1.165, 1.54) is 23.4 Å². The molecule has 5 N–H and O–H groups in total. The van der Waals surface area contributed by atoms with Crippen molar-refractivity contribution in [3.05, 3.63) is 102 Å². The minimum absolute atomic E-state index is 0.115. The molecule has 2 saturated heterocycles. The van der Waals surface area contributed by atoms with E-state index in [0.717, 1.165) is 95.8 Å². The molecule has 9 rings (SSSR count). The van der Waals surface area contributed by atoms with Crippen molar-refractivity contribution in [2.45, 2.75) is 90.6 Å².